The monoisotopic (exact) mass is 371 g/mol. The normalized spacial score (nSPS) is 11.0. The zero-order chi connectivity index (χ0) is 19.4. The van der Waals surface area contributed by atoms with E-state index >= 15 is 0 Å². The van der Waals surface area contributed by atoms with Gasteiger partial charge in [0.2, 0.25) is 5.89 Å². The number of nitrogens with one attached hydrogen (secondary N) is 1. The minimum Gasteiger partial charge on any atom is -0.350 e. The van der Waals surface area contributed by atoms with Crippen LogP contribution in [0.2, 0.25) is 0 Å². The predicted octanol–water partition coefficient (Wildman–Crippen LogP) is 1.85. The lowest BCUT2D eigenvalue weighted by molar-refractivity contribution is 0.0946. The van der Waals surface area contributed by atoms with E-state index in [-0.39, 0.29) is 18.2 Å². The molecule has 3 aromatic rings. The van der Waals surface area contributed by atoms with E-state index in [9.17, 15) is 14.0 Å². The summed E-state index contributed by atoms with van der Waals surface area (Å²) in [4.78, 5) is 28.5. The molecule has 0 aliphatic heterocycles. The molecule has 1 N–H and O–H groups in total. The number of amides is 1. The summed E-state index contributed by atoms with van der Waals surface area (Å²) in [5.74, 6) is 0.332. The quantitative estimate of drug-likeness (QED) is 0.709. The Morgan fingerprint density at radius 1 is 1.22 bits per heavy atom. The molecule has 0 saturated carbocycles. The zero-order valence-corrected chi connectivity index (χ0v) is 14.8. The number of aromatic nitrogens is 4. The van der Waals surface area contributed by atoms with Crippen molar-refractivity contribution < 1.29 is 13.7 Å². The second kappa shape index (κ2) is 7.90. The Bertz CT molecular complexity index is 995. The Morgan fingerprint density at radius 3 is 2.63 bits per heavy atom. The average Bonchev–Trinajstić information content (AvgIpc) is 3.12. The minimum atomic E-state index is -0.450. The van der Waals surface area contributed by atoms with Crippen molar-refractivity contribution in [1.82, 2.24) is 25.2 Å². The summed E-state index contributed by atoms with van der Waals surface area (Å²) in [5, 5.41) is 10.6. The first-order valence-electron chi connectivity index (χ1n) is 8.41. The van der Waals surface area contributed by atoms with E-state index in [0.717, 1.165) is 4.68 Å². The van der Waals surface area contributed by atoms with Crippen LogP contribution < -0.4 is 10.9 Å². The van der Waals surface area contributed by atoms with Crippen LogP contribution in [-0.2, 0) is 6.42 Å². The maximum Gasteiger partial charge on any atom is 0.271 e. The van der Waals surface area contributed by atoms with E-state index in [1.165, 1.54) is 36.4 Å². The predicted molar refractivity (Wildman–Crippen MR) is 94.2 cm³/mol. The number of hydrogen-bond donors (Lipinski definition) is 1. The molecule has 0 saturated heterocycles. The molecule has 0 aliphatic rings. The van der Waals surface area contributed by atoms with Crippen LogP contribution >= 0.6 is 0 Å². The molecular formula is C18H18FN5O3. The Balaban J connectivity index is 1.67. The van der Waals surface area contributed by atoms with Crippen molar-refractivity contribution in [2.24, 2.45) is 0 Å². The minimum absolute atomic E-state index is 0.0623. The molecule has 140 valence electrons. The molecular weight excluding hydrogens is 353 g/mol. The van der Waals surface area contributed by atoms with Crippen LogP contribution in [0.1, 0.15) is 42.0 Å². The van der Waals surface area contributed by atoms with E-state index in [1.54, 1.807) is 0 Å². The summed E-state index contributed by atoms with van der Waals surface area (Å²) in [6.07, 6.45) is 0.378. The van der Waals surface area contributed by atoms with Gasteiger partial charge in [0.1, 0.15) is 11.5 Å². The summed E-state index contributed by atoms with van der Waals surface area (Å²) in [7, 11) is 0. The van der Waals surface area contributed by atoms with Crippen molar-refractivity contribution in [2.45, 2.75) is 26.2 Å². The lowest BCUT2D eigenvalue weighted by Gasteiger charge is -2.07. The van der Waals surface area contributed by atoms with Gasteiger partial charge in [-0.1, -0.05) is 19.0 Å². The number of halogens is 1. The first kappa shape index (κ1) is 18.4. The summed E-state index contributed by atoms with van der Waals surface area (Å²) < 4.78 is 19.2. The number of hydrogen-bond acceptors (Lipinski definition) is 6. The average molecular weight is 371 g/mol. The molecule has 0 bridgehead atoms. The third kappa shape index (κ3) is 4.43. The molecule has 2 aromatic heterocycles. The van der Waals surface area contributed by atoms with Gasteiger partial charge in [0.05, 0.1) is 5.69 Å². The third-order valence-electron chi connectivity index (χ3n) is 3.73. The van der Waals surface area contributed by atoms with E-state index in [1.807, 2.05) is 13.8 Å². The largest absolute Gasteiger partial charge is 0.350 e. The Kier molecular flexibility index (Phi) is 5.39. The summed E-state index contributed by atoms with van der Waals surface area (Å²) in [5.41, 5.74) is 0.000631. The Labute approximate surface area is 154 Å². The molecule has 2 heterocycles. The molecule has 27 heavy (non-hydrogen) atoms. The van der Waals surface area contributed by atoms with Crippen molar-refractivity contribution in [3.8, 4) is 5.69 Å². The van der Waals surface area contributed by atoms with Crippen LogP contribution in [0.4, 0.5) is 4.39 Å². The van der Waals surface area contributed by atoms with Crippen LogP contribution in [-0.4, -0.2) is 32.4 Å². The molecule has 0 atom stereocenters. The molecule has 0 fully saturated rings. The maximum atomic E-state index is 13.0. The lowest BCUT2D eigenvalue weighted by atomic mass is 10.2. The first-order valence-corrected chi connectivity index (χ1v) is 8.41. The van der Waals surface area contributed by atoms with Gasteiger partial charge < -0.3 is 9.84 Å². The lowest BCUT2D eigenvalue weighted by Crippen LogP contribution is -2.30. The molecule has 0 unspecified atom stereocenters. The molecule has 0 aliphatic carbocycles. The molecule has 1 aromatic carbocycles. The zero-order valence-electron chi connectivity index (χ0n) is 14.8. The van der Waals surface area contributed by atoms with Gasteiger partial charge in [-0.15, -0.1) is 0 Å². The van der Waals surface area contributed by atoms with Gasteiger partial charge in [0, 0.05) is 24.9 Å². The van der Waals surface area contributed by atoms with Gasteiger partial charge in [0.25, 0.3) is 11.5 Å². The van der Waals surface area contributed by atoms with Crippen molar-refractivity contribution in [3.63, 3.8) is 0 Å². The van der Waals surface area contributed by atoms with Gasteiger partial charge >= 0.3 is 0 Å². The molecule has 0 spiro atoms. The molecule has 0 radical (unpaired) electrons. The maximum absolute atomic E-state index is 13.0. The Hall–Kier alpha value is -3.36. The highest BCUT2D eigenvalue weighted by Gasteiger charge is 2.13. The molecule has 3 rings (SSSR count). The molecule has 8 nitrogen and oxygen atoms in total. The first-order chi connectivity index (χ1) is 12.9. The van der Waals surface area contributed by atoms with Crippen LogP contribution in [0, 0.1) is 5.82 Å². The van der Waals surface area contributed by atoms with Crippen LogP contribution in [0.15, 0.2) is 45.7 Å². The van der Waals surface area contributed by atoms with E-state index in [0.29, 0.717) is 23.8 Å². The number of nitrogens with zero attached hydrogens (tertiary/aromatic N) is 4. The second-order valence-electron chi connectivity index (χ2n) is 6.15. The Morgan fingerprint density at radius 2 is 1.96 bits per heavy atom. The number of rotatable bonds is 6. The van der Waals surface area contributed by atoms with E-state index < -0.39 is 17.3 Å². The number of benzene rings is 1. The van der Waals surface area contributed by atoms with Crippen LogP contribution in [0.25, 0.3) is 5.69 Å². The van der Waals surface area contributed by atoms with Gasteiger partial charge in [0.15, 0.2) is 5.82 Å². The van der Waals surface area contributed by atoms with Crippen molar-refractivity contribution in [3.05, 3.63) is 70.0 Å². The van der Waals surface area contributed by atoms with Crippen molar-refractivity contribution >= 4 is 5.91 Å². The van der Waals surface area contributed by atoms with Gasteiger partial charge in [-0.25, -0.2) is 4.39 Å². The molecule has 1 amide bonds. The van der Waals surface area contributed by atoms with E-state index in [4.69, 9.17) is 4.52 Å². The molecule has 9 heteroatoms. The van der Waals surface area contributed by atoms with Crippen LogP contribution in [0.5, 0.6) is 0 Å². The second-order valence-corrected chi connectivity index (χ2v) is 6.15. The summed E-state index contributed by atoms with van der Waals surface area (Å²) in [6, 6.07) is 7.82. The number of carbonyl (C=O) groups excluding carboxylic acids is 1. The number of carbonyl (C=O) groups is 1. The highest BCUT2D eigenvalue weighted by molar-refractivity contribution is 5.92. The highest BCUT2D eigenvalue weighted by Crippen LogP contribution is 2.09. The standard InChI is InChI=1S/C18H18FN5O3/c1-11(2)17-21-15(27-23-17)9-10-20-18(26)14-7-8-16(25)24(22-14)13-5-3-12(19)4-6-13/h3-8,11H,9-10H2,1-2H3,(H,20,26). The topological polar surface area (TPSA) is 103 Å². The van der Waals surface area contributed by atoms with Crippen LogP contribution in [0.3, 0.4) is 0 Å². The van der Waals surface area contributed by atoms with Crippen molar-refractivity contribution in [2.75, 3.05) is 6.54 Å². The summed E-state index contributed by atoms with van der Waals surface area (Å²) >= 11 is 0. The summed E-state index contributed by atoms with van der Waals surface area (Å²) in [6.45, 7) is 4.19. The third-order valence-corrected chi connectivity index (χ3v) is 3.73. The fraction of sp³-hybridized carbons (Fsp3) is 0.278. The van der Waals surface area contributed by atoms with Gasteiger partial charge in [-0.3, -0.25) is 9.59 Å². The van der Waals surface area contributed by atoms with Gasteiger partial charge in [-0.05, 0) is 30.3 Å². The fourth-order valence-corrected chi connectivity index (χ4v) is 2.28. The van der Waals surface area contributed by atoms with Gasteiger partial charge in [-0.2, -0.15) is 14.8 Å². The SMILES string of the molecule is CC(C)c1noc(CCNC(=O)c2ccc(=O)n(-c3ccc(F)cc3)n2)n1. The van der Waals surface area contributed by atoms with Crippen molar-refractivity contribution in [1.29, 1.82) is 0 Å². The smallest absolute Gasteiger partial charge is 0.271 e. The fourth-order valence-electron chi connectivity index (χ4n) is 2.28. The highest BCUT2D eigenvalue weighted by atomic mass is 19.1. The van der Waals surface area contributed by atoms with E-state index in [2.05, 4.69) is 20.6 Å².